The first-order valence-electron chi connectivity index (χ1n) is 23.8. The van der Waals surface area contributed by atoms with Gasteiger partial charge in [0.25, 0.3) is 0 Å². The summed E-state index contributed by atoms with van der Waals surface area (Å²) in [6, 6.07) is -0.690. The van der Waals surface area contributed by atoms with Gasteiger partial charge in [-0.2, -0.15) is 0 Å². The molecule has 0 aliphatic carbocycles. The summed E-state index contributed by atoms with van der Waals surface area (Å²) in [7, 11) is 0. The molecule has 0 aliphatic rings. The normalized spacial score (nSPS) is 13.2. The Morgan fingerprint density at radius 2 is 0.792 bits per heavy atom. The van der Waals surface area contributed by atoms with Crippen LogP contribution >= 0.6 is 0 Å². The van der Waals surface area contributed by atoms with Crippen LogP contribution in [0.5, 0.6) is 0 Å². The van der Waals surface area contributed by atoms with E-state index in [1.54, 1.807) is 0 Å². The number of amides is 1. The second-order valence-electron chi connectivity index (χ2n) is 16.5. The highest BCUT2D eigenvalue weighted by molar-refractivity contribution is 5.77. The highest BCUT2D eigenvalue weighted by Crippen LogP contribution is 2.18. The Balaban J connectivity index is 4.46. The number of carbonyl (C=O) groups excluding carboxylic acids is 2. The Hall–Kier alpha value is -1.14. The maximum Gasteiger partial charge on any atom is 0.306 e. The zero-order chi connectivity index (χ0) is 38.9. The van der Waals surface area contributed by atoms with Crippen molar-refractivity contribution in [3.05, 3.63) is 0 Å². The van der Waals surface area contributed by atoms with Crippen molar-refractivity contribution in [3.8, 4) is 0 Å². The van der Waals surface area contributed by atoms with Gasteiger partial charge in [0.05, 0.1) is 25.2 Å². The molecule has 0 radical (unpaired) electrons. The van der Waals surface area contributed by atoms with E-state index in [9.17, 15) is 19.8 Å². The van der Waals surface area contributed by atoms with Crippen molar-refractivity contribution >= 4 is 11.9 Å². The monoisotopic (exact) mass is 752 g/mol. The molecular weight excluding hydrogens is 659 g/mol. The van der Waals surface area contributed by atoms with Crippen LogP contribution in [0.2, 0.25) is 0 Å². The molecule has 0 saturated carbocycles. The molecule has 0 aliphatic heterocycles. The highest BCUT2D eigenvalue weighted by Gasteiger charge is 2.24. The van der Waals surface area contributed by atoms with E-state index in [0.717, 1.165) is 44.9 Å². The Kier molecular flexibility index (Phi) is 41.1. The third-order valence-corrected chi connectivity index (χ3v) is 11.2. The van der Waals surface area contributed by atoms with Crippen LogP contribution in [0.1, 0.15) is 265 Å². The number of nitrogens with one attached hydrogen (secondary N) is 1. The first kappa shape index (κ1) is 51.9. The van der Waals surface area contributed by atoms with Crippen molar-refractivity contribution in [2.45, 2.75) is 283 Å². The van der Waals surface area contributed by atoms with Gasteiger partial charge in [0, 0.05) is 6.42 Å². The van der Waals surface area contributed by atoms with E-state index in [-0.39, 0.29) is 24.9 Å². The smallest absolute Gasteiger partial charge is 0.306 e. The van der Waals surface area contributed by atoms with E-state index in [2.05, 4.69) is 26.1 Å². The summed E-state index contributed by atoms with van der Waals surface area (Å²) in [5.74, 6) is -0.459. The molecule has 0 aromatic carbocycles. The molecule has 3 atom stereocenters. The topological polar surface area (TPSA) is 95.9 Å². The minimum atomic E-state index is -0.777. The molecule has 0 saturated heterocycles. The number of carbonyl (C=O) groups is 2. The van der Waals surface area contributed by atoms with Crippen molar-refractivity contribution in [2.75, 3.05) is 6.61 Å². The van der Waals surface area contributed by atoms with Gasteiger partial charge >= 0.3 is 5.97 Å². The average Bonchev–Trinajstić information content (AvgIpc) is 3.15. The molecule has 316 valence electrons. The molecule has 1 amide bonds. The largest absolute Gasteiger partial charge is 0.462 e. The van der Waals surface area contributed by atoms with Gasteiger partial charge in [-0.3, -0.25) is 9.59 Å². The first-order chi connectivity index (χ1) is 26.0. The molecule has 6 nitrogen and oxygen atoms in total. The Labute approximate surface area is 330 Å². The fraction of sp³-hybridized carbons (Fsp3) is 0.957. The summed E-state index contributed by atoms with van der Waals surface area (Å²) in [4.78, 5) is 25.9. The van der Waals surface area contributed by atoms with Crippen molar-refractivity contribution in [1.82, 2.24) is 5.32 Å². The van der Waals surface area contributed by atoms with E-state index in [1.807, 2.05) is 0 Å². The summed E-state index contributed by atoms with van der Waals surface area (Å²) < 4.78 is 5.90. The summed E-state index contributed by atoms with van der Waals surface area (Å²) in [6.07, 6.45) is 43.0. The molecular formula is C47H93NO5. The predicted octanol–water partition coefficient (Wildman–Crippen LogP) is 13.6. The lowest BCUT2D eigenvalue weighted by Gasteiger charge is -2.24. The van der Waals surface area contributed by atoms with Gasteiger partial charge in [-0.1, -0.05) is 226 Å². The lowest BCUT2D eigenvalue weighted by atomic mass is 10.0. The molecule has 0 bridgehead atoms. The molecule has 0 aromatic rings. The highest BCUT2D eigenvalue weighted by atomic mass is 16.5. The van der Waals surface area contributed by atoms with Crippen LogP contribution < -0.4 is 5.32 Å². The number of ether oxygens (including phenoxy) is 1. The van der Waals surface area contributed by atoms with Gasteiger partial charge < -0.3 is 20.3 Å². The maximum absolute atomic E-state index is 13.1. The minimum Gasteiger partial charge on any atom is -0.462 e. The number of hydrogen-bond acceptors (Lipinski definition) is 5. The number of rotatable bonds is 43. The number of aliphatic hydroxyl groups is 2. The van der Waals surface area contributed by atoms with Gasteiger partial charge in [-0.15, -0.1) is 0 Å². The quantitative estimate of drug-likeness (QED) is 0.0426. The lowest BCUT2D eigenvalue weighted by molar-refractivity contribution is -0.151. The van der Waals surface area contributed by atoms with E-state index in [1.165, 1.54) is 173 Å². The number of unbranched alkanes of at least 4 members (excludes halogenated alkanes) is 31. The van der Waals surface area contributed by atoms with Crippen LogP contribution in [-0.2, 0) is 14.3 Å². The number of hydrogen-bond donors (Lipinski definition) is 3. The van der Waals surface area contributed by atoms with Gasteiger partial charge in [-0.05, 0) is 25.7 Å². The van der Waals surface area contributed by atoms with E-state index >= 15 is 0 Å². The molecule has 6 heteroatoms. The second-order valence-corrected chi connectivity index (χ2v) is 16.5. The first-order valence-corrected chi connectivity index (χ1v) is 23.8. The van der Waals surface area contributed by atoms with Crippen LogP contribution in [0.4, 0.5) is 0 Å². The Bertz CT molecular complexity index is 761. The fourth-order valence-electron chi connectivity index (χ4n) is 7.55. The van der Waals surface area contributed by atoms with Gasteiger partial charge in [0.1, 0.15) is 6.10 Å². The second kappa shape index (κ2) is 42.0. The SMILES string of the molecule is CCCCCCCCCCCCCCCC(O)C(CO)NC(=O)CC(CCCCCCCCCCC)OC(=O)CCCCCCCCCCCCCC. The molecule has 0 fully saturated rings. The lowest BCUT2D eigenvalue weighted by Crippen LogP contribution is -2.46. The molecule has 0 heterocycles. The molecule has 3 N–H and O–H groups in total. The zero-order valence-electron chi connectivity index (χ0n) is 35.9. The van der Waals surface area contributed by atoms with Crippen LogP contribution in [0.15, 0.2) is 0 Å². The van der Waals surface area contributed by atoms with Crippen LogP contribution in [0, 0.1) is 0 Å². The summed E-state index contributed by atoms with van der Waals surface area (Å²) in [5, 5.41) is 23.7. The van der Waals surface area contributed by atoms with Crippen LogP contribution in [0.3, 0.4) is 0 Å². The zero-order valence-corrected chi connectivity index (χ0v) is 35.9. The van der Waals surface area contributed by atoms with E-state index < -0.39 is 18.2 Å². The van der Waals surface area contributed by atoms with Crippen molar-refractivity contribution < 1.29 is 24.5 Å². The van der Waals surface area contributed by atoms with Gasteiger partial charge in [-0.25, -0.2) is 0 Å². The predicted molar refractivity (Wildman–Crippen MR) is 227 cm³/mol. The third kappa shape index (κ3) is 37.6. The molecule has 53 heavy (non-hydrogen) atoms. The standard InChI is InChI=1S/C47H93NO5/c1-4-7-10-13-16-19-21-23-24-27-30-33-36-39-45(50)44(42-49)48-46(51)41-43(38-35-32-29-26-18-15-12-9-6-3)53-47(52)40-37-34-31-28-25-22-20-17-14-11-8-5-2/h43-45,49-50H,4-42H2,1-3H3,(H,48,51). The van der Waals surface area contributed by atoms with E-state index in [0.29, 0.717) is 19.3 Å². The molecule has 0 spiro atoms. The van der Waals surface area contributed by atoms with Crippen molar-refractivity contribution in [3.63, 3.8) is 0 Å². The average molecular weight is 752 g/mol. The molecule has 3 unspecified atom stereocenters. The molecule has 0 aromatic heterocycles. The van der Waals surface area contributed by atoms with Crippen LogP contribution in [-0.4, -0.2) is 46.9 Å². The van der Waals surface area contributed by atoms with E-state index in [4.69, 9.17) is 4.74 Å². The Morgan fingerprint density at radius 3 is 1.15 bits per heavy atom. The molecule has 0 rings (SSSR count). The van der Waals surface area contributed by atoms with Crippen molar-refractivity contribution in [1.29, 1.82) is 0 Å². The number of esters is 1. The van der Waals surface area contributed by atoms with Crippen LogP contribution in [0.25, 0.3) is 0 Å². The fourth-order valence-corrected chi connectivity index (χ4v) is 7.55. The van der Waals surface area contributed by atoms with Gasteiger partial charge in [0.2, 0.25) is 5.91 Å². The summed E-state index contributed by atoms with van der Waals surface area (Å²) in [5.41, 5.74) is 0. The minimum absolute atomic E-state index is 0.0865. The summed E-state index contributed by atoms with van der Waals surface area (Å²) >= 11 is 0. The number of aliphatic hydroxyl groups excluding tert-OH is 2. The maximum atomic E-state index is 13.1. The van der Waals surface area contributed by atoms with Gasteiger partial charge in [0.15, 0.2) is 0 Å². The summed E-state index contributed by atoms with van der Waals surface area (Å²) in [6.45, 7) is 6.47. The van der Waals surface area contributed by atoms with Crippen molar-refractivity contribution in [2.24, 2.45) is 0 Å². The Morgan fingerprint density at radius 1 is 0.472 bits per heavy atom. The third-order valence-electron chi connectivity index (χ3n) is 11.2.